The molecule has 1 aliphatic heterocycles. The van der Waals surface area contributed by atoms with Gasteiger partial charge in [-0.2, -0.15) is 0 Å². The van der Waals surface area contributed by atoms with E-state index >= 15 is 0 Å². The van der Waals surface area contributed by atoms with Gasteiger partial charge in [0.25, 0.3) is 0 Å². The lowest BCUT2D eigenvalue weighted by molar-refractivity contribution is -0.249. The maximum atomic E-state index is 12.2. The number of ether oxygens (including phenoxy) is 1. The van der Waals surface area contributed by atoms with Gasteiger partial charge in [0, 0.05) is 12.5 Å². The zero-order valence-corrected chi connectivity index (χ0v) is 14.8. The molecular weight excluding hydrogens is 344 g/mol. The van der Waals surface area contributed by atoms with Gasteiger partial charge >= 0.3 is 0 Å². The summed E-state index contributed by atoms with van der Waals surface area (Å²) in [7, 11) is 0. The number of carbonyl (C=O) groups excluding carboxylic acids is 1. The number of rotatable bonds is 6. The number of aliphatic hydroxyl groups excluding tert-OH is 4. The summed E-state index contributed by atoms with van der Waals surface area (Å²) in [4.78, 5) is 12.2. The highest BCUT2D eigenvalue weighted by Crippen LogP contribution is 2.38. The minimum Gasteiger partial charge on any atom is -0.390 e. The first kappa shape index (κ1) is 21.5. The summed E-state index contributed by atoms with van der Waals surface area (Å²) in [5.74, 6) is -0.429. The van der Waals surface area contributed by atoms with Gasteiger partial charge in [0.05, 0.1) is 24.8 Å². The van der Waals surface area contributed by atoms with E-state index in [1.807, 2.05) is 0 Å². The Balaban J connectivity index is 1.99. The molecule has 26 heavy (non-hydrogen) atoms. The maximum absolute atomic E-state index is 12.2. The van der Waals surface area contributed by atoms with Crippen molar-refractivity contribution in [1.29, 1.82) is 0 Å². The van der Waals surface area contributed by atoms with Crippen LogP contribution in [0.15, 0.2) is 0 Å². The molecule has 1 saturated carbocycles. The number of hydrogen-bond donors (Lipinski definition) is 8. The Kier molecular flexibility index (Phi) is 7.34. The SMILES string of the molecule is NCCCC[C@H](N)C(=O)N[C@@H]1C[C@H](N)[C@@]2(C[C@H](O)[C@H](O)CO2)[C@H](O)[C@H]1O. The van der Waals surface area contributed by atoms with Gasteiger partial charge in [0.2, 0.25) is 5.91 Å². The summed E-state index contributed by atoms with van der Waals surface area (Å²) in [6.45, 7) is 0.334. The Hall–Kier alpha value is -0.850. The highest BCUT2D eigenvalue weighted by atomic mass is 16.5. The van der Waals surface area contributed by atoms with E-state index in [0.717, 1.165) is 12.8 Å². The van der Waals surface area contributed by atoms with Crippen LogP contribution in [0.3, 0.4) is 0 Å². The summed E-state index contributed by atoms with van der Waals surface area (Å²) >= 11 is 0. The van der Waals surface area contributed by atoms with Gasteiger partial charge in [-0.1, -0.05) is 6.42 Å². The van der Waals surface area contributed by atoms with Crippen LogP contribution < -0.4 is 22.5 Å². The van der Waals surface area contributed by atoms with E-state index in [4.69, 9.17) is 21.9 Å². The van der Waals surface area contributed by atoms with Gasteiger partial charge in [-0.25, -0.2) is 0 Å². The third kappa shape index (κ3) is 4.34. The van der Waals surface area contributed by atoms with Crippen molar-refractivity contribution in [2.75, 3.05) is 13.2 Å². The van der Waals surface area contributed by atoms with Crippen molar-refractivity contribution in [3.63, 3.8) is 0 Å². The molecule has 0 bridgehead atoms. The summed E-state index contributed by atoms with van der Waals surface area (Å²) in [5.41, 5.74) is 16.0. The molecule has 10 nitrogen and oxygen atoms in total. The van der Waals surface area contributed by atoms with Gasteiger partial charge in [0.1, 0.15) is 23.9 Å². The van der Waals surface area contributed by atoms with Crippen molar-refractivity contribution >= 4 is 5.91 Å². The smallest absolute Gasteiger partial charge is 0.237 e. The zero-order valence-electron chi connectivity index (χ0n) is 14.8. The summed E-state index contributed by atoms with van der Waals surface area (Å²) < 4.78 is 5.56. The quantitative estimate of drug-likeness (QED) is 0.215. The number of hydrogen-bond acceptors (Lipinski definition) is 9. The highest BCUT2D eigenvalue weighted by Gasteiger charge is 2.57. The van der Waals surface area contributed by atoms with Crippen LogP contribution in [0.4, 0.5) is 0 Å². The molecule has 0 radical (unpaired) electrons. The van der Waals surface area contributed by atoms with Crippen molar-refractivity contribution in [2.45, 2.75) is 80.2 Å². The molecule has 0 aromatic heterocycles. The van der Waals surface area contributed by atoms with Crippen molar-refractivity contribution in [2.24, 2.45) is 17.2 Å². The Morgan fingerprint density at radius 3 is 2.54 bits per heavy atom. The molecule has 2 fully saturated rings. The van der Waals surface area contributed by atoms with Gasteiger partial charge in [-0.15, -0.1) is 0 Å². The molecule has 8 atom stereocenters. The molecule has 1 aliphatic carbocycles. The number of unbranched alkanes of at least 4 members (excludes halogenated alkanes) is 1. The summed E-state index contributed by atoms with van der Waals surface area (Å²) in [6, 6.07) is -2.27. The van der Waals surface area contributed by atoms with Crippen molar-refractivity contribution in [3.8, 4) is 0 Å². The molecule has 152 valence electrons. The van der Waals surface area contributed by atoms with Crippen LogP contribution in [-0.2, 0) is 9.53 Å². The second kappa shape index (κ2) is 8.89. The first-order valence-electron chi connectivity index (χ1n) is 9.10. The van der Waals surface area contributed by atoms with Crippen molar-refractivity contribution in [3.05, 3.63) is 0 Å². The molecule has 11 N–H and O–H groups in total. The topological polar surface area (TPSA) is 197 Å². The third-order valence-electron chi connectivity index (χ3n) is 5.50. The summed E-state index contributed by atoms with van der Waals surface area (Å²) in [6.07, 6.45) is -2.95. The van der Waals surface area contributed by atoms with Gasteiger partial charge < -0.3 is 47.7 Å². The van der Waals surface area contributed by atoms with E-state index in [1.165, 1.54) is 0 Å². The predicted octanol–water partition coefficient (Wildman–Crippen LogP) is -3.74. The first-order chi connectivity index (χ1) is 12.2. The van der Waals surface area contributed by atoms with Crippen LogP contribution in [0, 0.1) is 0 Å². The van der Waals surface area contributed by atoms with Crippen molar-refractivity contribution in [1.82, 2.24) is 5.32 Å². The van der Waals surface area contributed by atoms with E-state index in [9.17, 15) is 25.2 Å². The van der Waals surface area contributed by atoms with E-state index in [-0.39, 0.29) is 19.4 Å². The predicted molar refractivity (Wildman–Crippen MR) is 92.7 cm³/mol. The van der Waals surface area contributed by atoms with E-state index in [2.05, 4.69) is 5.32 Å². The molecule has 0 aromatic rings. The molecule has 0 unspecified atom stereocenters. The average molecular weight is 376 g/mol. The normalized spacial score (nSPS) is 41.8. The molecule has 1 saturated heterocycles. The Bertz CT molecular complexity index is 484. The number of nitrogens with one attached hydrogen (secondary N) is 1. The molecule has 1 spiro atoms. The number of nitrogens with two attached hydrogens (primary N) is 3. The zero-order chi connectivity index (χ0) is 19.5. The van der Waals surface area contributed by atoms with Gasteiger partial charge in [-0.05, 0) is 25.8 Å². The molecule has 2 aliphatic rings. The molecule has 2 rings (SSSR count). The molecule has 1 amide bonds. The lowest BCUT2D eigenvalue weighted by Gasteiger charge is -2.53. The minimum absolute atomic E-state index is 0.104. The van der Waals surface area contributed by atoms with Crippen LogP contribution >= 0.6 is 0 Å². The van der Waals surface area contributed by atoms with E-state index in [1.54, 1.807) is 0 Å². The average Bonchev–Trinajstić information content (AvgIpc) is 2.61. The van der Waals surface area contributed by atoms with Crippen LogP contribution in [0.1, 0.15) is 32.1 Å². The van der Waals surface area contributed by atoms with Crippen LogP contribution in [0.25, 0.3) is 0 Å². The van der Waals surface area contributed by atoms with Gasteiger partial charge in [0.15, 0.2) is 0 Å². The fraction of sp³-hybridized carbons (Fsp3) is 0.938. The van der Waals surface area contributed by atoms with Crippen LogP contribution in [-0.4, -0.2) is 87.6 Å². The van der Waals surface area contributed by atoms with E-state index in [0.29, 0.717) is 13.0 Å². The Morgan fingerprint density at radius 1 is 1.23 bits per heavy atom. The van der Waals surface area contributed by atoms with E-state index < -0.39 is 54.0 Å². The molecule has 0 aromatic carbocycles. The van der Waals surface area contributed by atoms with Gasteiger partial charge in [-0.3, -0.25) is 4.79 Å². The molecule has 1 heterocycles. The Labute approximate surface area is 152 Å². The van der Waals surface area contributed by atoms with Crippen LogP contribution in [0.2, 0.25) is 0 Å². The molecule has 10 heteroatoms. The number of aliphatic hydroxyl groups is 4. The standard InChI is InChI=1S/C16H32N4O6/c17-4-2-1-3-8(18)15(25)20-9-5-12(19)16(14(24)13(9)23)6-10(21)11(22)7-26-16/h8-14,21-24H,1-7,17-19H2,(H,20,25)/t8-,9+,10-,11+,12-,13-,14+,16-/m0/s1. The number of amides is 1. The maximum Gasteiger partial charge on any atom is 0.237 e. The lowest BCUT2D eigenvalue weighted by Crippen LogP contribution is -2.73. The number of carbonyl (C=O) groups is 1. The van der Waals surface area contributed by atoms with Crippen molar-refractivity contribution < 1.29 is 30.0 Å². The minimum atomic E-state index is -1.42. The second-order valence-electron chi connectivity index (χ2n) is 7.39. The third-order valence-corrected chi connectivity index (χ3v) is 5.50. The highest BCUT2D eigenvalue weighted by molar-refractivity contribution is 5.81. The summed E-state index contributed by atoms with van der Waals surface area (Å²) in [5, 5.41) is 43.2. The fourth-order valence-electron chi connectivity index (χ4n) is 3.75. The van der Waals surface area contributed by atoms with Crippen LogP contribution in [0.5, 0.6) is 0 Å². The fourth-order valence-corrected chi connectivity index (χ4v) is 3.75. The molecular formula is C16H32N4O6. The monoisotopic (exact) mass is 376 g/mol. The first-order valence-corrected chi connectivity index (χ1v) is 9.10. The largest absolute Gasteiger partial charge is 0.390 e. The Morgan fingerprint density at radius 2 is 1.92 bits per heavy atom. The second-order valence-corrected chi connectivity index (χ2v) is 7.39. The lowest BCUT2D eigenvalue weighted by atomic mass is 9.70.